The molecule has 146 valence electrons. The molecule has 5 N–H and O–H groups in total. The second-order valence-electron chi connectivity index (χ2n) is 7.37. The lowest BCUT2D eigenvalue weighted by Gasteiger charge is -2.38. The number of rotatable bonds is 8. The molecule has 1 rings (SSSR count). The van der Waals surface area contributed by atoms with Gasteiger partial charge in [-0.2, -0.15) is 0 Å². The lowest BCUT2D eigenvalue weighted by molar-refractivity contribution is -0.199. The number of aliphatic hydroxyl groups excluding tert-OH is 4. The zero-order valence-electron chi connectivity index (χ0n) is 14.9. The van der Waals surface area contributed by atoms with Crippen LogP contribution in [-0.2, 0) is 14.3 Å². The van der Waals surface area contributed by atoms with Crippen molar-refractivity contribution in [2.75, 3.05) is 6.61 Å². The van der Waals surface area contributed by atoms with E-state index in [1.807, 2.05) is 6.92 Å². The molecule has 0 spiro atoms. The van der Waals surface area contributed by atoms with Gasteiger partial charge in [0.1, 0.15) is 24.4 Å². The highest BCUT2D eigenvalue weighted by molar-refractivity contribution is 5.97. The predicted octanol–water partition coefficient (Wildman–Crippen LogP) is -1.00. The minimum absolute atomic E-state index is 0.0277. The minimum atomic E-state index is -3.03. The maximum absolute atomic E-state index is 12.3. The topological polar surface area (TPSA) is 145 Å². The molecule has 0 aromatic heterocycles. The Morgan fingerprint density at radius 1 is 1.28 bits per heavy atom. The van der Waals surface area contributed by atoms with Crippen LogP contribution in [0.25, 0.3) is 0 Å². The van der Waals surface area contributed by atoms with Crippen molar-refractivity contribution in [3.8, 4) is 0 Å². The molecule has 0 aliphatic heterocycles. The van der Waals surface area contributed by atoms with Gasteiger partial charge in [-0.3, -0.25) is 4.79 Å². The molecule has 1 saturated carbocycles. The van der Waals surface area contributed by atoms with E-state index in [9.17, 15) is 30.0 Å². The largest absolute Gasteiger partial charge is 0.460 e. The van der Waals surface area contributed by atoms with Gasteiger partial charge in [-0.05, 0) is 37.0 Å². The number of hydrogen-bond acceptors (Lipinski definition) is 8. The maximum atomic E-state index is 12.3. The molecule has 1 fully saturated rings. The third-order valence-corrected chi connectivity index (χ3v) is 5.23. The average Bonchev–Trinajstić information content (AvgIpc) is 2.60. The Hall–Kier alpha value is -1.06. The third kappa shape index (κ3) is 4.98. The van der Waals surface area contributed by atoms with Gasteiger partial charge in [-0.15, -0.1) is 0 Å². The van der Waals surface area contributed by atoms with Crippen LogP contribution in [0.1, 0.15) is 40.0 Å². The van der Waals surface area contributed by atoms with Crippen LogP contribution in [0, 0.1) is 17.8 Å². The highest BCUT2D eigenvalue weighted by Crippen LogP contribution is 2.35. The van der Waals surface area contributed by atoms with E-state index in [1.54, 1.807) is 0 Å². The van der Waals surface area contributed by atoms with E-state index >= 15 is 0 Å². The van der Waals surface area contributed by atoms with Gasteiger partial charge < -0.3 is 30.3 Å². The highest BCUT2D eigenvalue weighted by Gasteiger charge is 2.51. The van der Waals surface area contributed by atoms with E-state index in [2.05, 4.69) is 13.8 Å². The molecule has 7 atom stereocenters. The Kier molecular flexibility index (Phi) is 7.95. The molecule has 1 aliphatic carbocycles. The molecule has 8 nitrogen and oxygen atoms in total. The molecule has 0 aromatic carbocycles. The molecule has 0 bridgehead atoms. The third-order valence-electron chi connectivity index (χ3n) is 5.23. The fourth-order valence-corrected chi connectivity index (χ4v) is 3.13. The van der Waals surface area contributed by atoms with Crippen molar-refractivity contribution in [3.63, 3.8) is 0 Å². The van der Waals surface area contributed by atoms with Crippen molar-refractivity contribution in [3.05, 3.63) is 0 Å². The molecular weight excluding hydrogens is 332 g/mol. The van der Waals surface area contributed by atoms with Crippen molar-refractivity contribution in [2.45, 2.75) is 70.1 Å². The number of aliphatic hydroxyl groups is 5. The first-order valence-electron chi connectivity index (χ1n) is 8.63. The molecule has 0 amide bonds. The van der Waals surface area contributed by atoms with Gasteiger partial charge in [0.2, 0.25) is 5.60 Å². The summed E-state index contributed by atoms with van der Waals surface area (Å²) in [5.41, 5.74) is -3.03. The van der Waals surface area contributed by atoms with E-state index in [1.165, 1.54) is 0 Å². The summed E-state index contributed by atoms with van der Waals surface area (Å²) in [5.74, 6) is -0.615. The van der Waals surface area contributed by atoms with Crippen molar-refractivity contribution in [1.82, 2.24) is 0 Å². The predicted molar refractivity (Wildman–Crippen MR) is 87.3 cm³/mol. The van der Waals surface area contributed by atoms with Crippen molar-refractivity contribution < 1.29 is 39.9 Å². The first-order chi connectivity index (χ1) is 11.6. The van der Waals surface area contributed by atoms with E-state index in [0.717, 1.165) is 12.8 Å². The van der Waals surface area contributed by atoms with Crippen molar-refractivity contribution in [2.24, 2.45) is 17.8 Å². The van der Waals surface area contributed by atoms with E-state index < -0.39 is 42.6 Å². The number of aldehydes is 1. The van der Waals surface area contributed by atoms with Gasteiger partial charge in [-0.1, -0.05) is 20.8 Å². The minimum Gasteiger partial charge on any atom is -0.460 e. The number of carbonyl (C=O) groups is 2. The van der Waals surface area contributed by atoms with Gasteiger partial charge in [0.15, 0.2) is 6.29 Å². The fraction of sp³-hybridized carbons (Fsp3) is 0.882. The van der Waals surface area contributed by atoms with Crippen LogP contribution in [0.2, 0.25) is 0 Å². The van der Waals surface area contributed by atoms with E-state index in [4.69, 9.17) is 9.84 Å². The van der Waals surface area contributed by atoms with Crippen LogP contribution >= 0.6 is 0 Å². The Morgan fingerprint density at radius 3 is 2.36 bits per heavy atom. The fourth-order valence-electron chi connectivity index (χ4n) is 3.13. The Bertz CT molecular complexity index is 454. The molecule has 1 aliphatic rings. The summed E-state index contributed by atoms with van der Waals surface area (Å²) in [7, 11) is 0. The quantitative estimate of drug-likeness (QED) is 0.210. The number of hydrogen-bond donors (Lipinski definition) is 5. The zero-order valence-corrected chi connectivity index (χ0v) is 14.9. The monoisotopic (exact) mass is 362 g/mol. The smallest absolute Gasteiger partial charge is 0.348 e. The molecule has 0 heterocycles. The number of esters is 1. The highest BCUT2D eigenvalue weighted by atomic mass is 16.6. The normalized spacial score (nSPS) is 30.2. The Morgan fingerprint density at radius 2 is 1.88 bits per heavy atom. The first-order valence-corrected chi connectivity index (χ1v) is 8.63. The second-order valence-corrected chi connectivity index (χ2v) is 7.37. The van der Waals surface area contributed by atoms with Crippen LogP contribution in [0.3, 0.4) is 0 Å². The molecule has 8 heteroatoms. The molecule has 3 unspecified atom stereocenters. The number of ether oxygens (including phenoxy) is 1. The molecule has 0 saturated heterocycles. The summed E-state index contributed by atoms with van der Waals surface area (Å²) in [6.45, 7) is 5.11. The van der Waals surface area contributed by atoms with Crippen LogP contribution in [0.5, 0.6) is 0 Å². The van der Waals surface area contributed by atoms with Crippen LogP contribution in [0.15, 0.2) is 0 Å². The van der Waals surface area contributed by atoms with E-state index in [-0.39, 0.29) is 12.2 Å². The van der Waals surface area contributed by atoms with Gasteiger partial charge >= 0.3 is 5.97 Å². The van der Waals surface area contributed by atoms with Crippen molar-refractivity contribution >= 4 is 12.3 Å². The first kappa shape index (κ1) is 22.0. The van der Waals surface area contributed by atoms with E-state index in [0.29, 0.717) is 18.3 Å². The summed E-state index contributed by atoms with van der Waals surface area (Å²) in [6, 6.07) is 0. The van der Waals surface area contributed by atoms with Gasteiger partial charge in [0, 0.05) is 0 Å². The SMILES string of the molecule is CC(C)C1CCC(C)C(OC(=O)[C@](O)(C=O)[C@@H](O)[C@H](O)[C@H](O)CO)C1. The summed E-state index contributed by atoms with van der Waals surface area (Å²) in [6.07, 6.45) is -4.60. The Labute approximate surface area is 147 Å². The average molecular weight is 362 g/mol. The standard InChI is InChI=1S/C17H30O8/c1-9(2)11-5-4-10(3)13(6-11)25-16(23)17(24,8-19)15(22)14(21)12(20)7-18/h8-15,18,20-22,24H,4-7H2,1-3H3/t10?,11?,12-,13?,14-,15+,17+/m1/s1. The molecule has 25 heavy (non-hydrogen) atoms. The lowest BCUT2D eigenvalue weighted by Crippen LogP contribution is -2.60. The second kappa shape index (κ2) is 9.05. The van der Waals surface area contributed by atoms with Gasteiger partial charge in [-0.25, -0.2) is 4.79 Å². The van der Waals surface area contributed by atoms with Crippen LogP contribution < -0.4 is 0 Å². The molecular formula is C17H30O8. The van der Waals surface area contributed by atoms with Crippen molar-refractivity contribution in [1.29, 1.82) is 0 Å². The Balaban J connectivity index is 2.88. The number of carbonyl (C=O) groups excluding carboxylic acids is 2. The van der Waals surface area contributed by atoms with Gasteiger partial charge in [0.05, 0.1) is 6.61 Å². The summed E-state index contributed by atoms with van der Waals surface area (Å²) < 4.78 is 5.29. The van der Waals surface area contributed by atoms with Gasteiger partial charge in [0.25, 0.3) is 0 Å². The maximum Gasteiger partial charge on any atom is 0.348 e. The lowest BCUT2D eigenvalue weighted by atomic mass is 9.76. The molecule has 0 radical (unpaired) electrons. The summed E-state index contributed by atoms with van der Waals surface area (Å²) >= 11 is 0. The summed E-state index contributed by atoms with van der Waals surface area (Å²) in [5, 5.41) is 48.0. The molecule has 0 aromatic rings. The van der Waals surface area contributed by atoms with Crippen LogP contribution in [0.4, 0.5) is 0 Å². The van der Waals surface area contributed by atoms with Crippen LogP contribution in [-0.4, -0.2) is 74.4 Å². The zero-order chi connectivity index (χ0) is 19.4. The summed E-state index contributed by atoms with van der Waals surface area (Å²) in [4.78, 5) is 23.6.